The molecule has 2 aliphatic rings. The fourth-order valence-corrected chi connectivity index (χ4v) is 3.11. The molecule has 102 valence electrons. The number of rotatable bonds is 2. The van der Waals surface area contributed by atoms with Crippen molar-refractivity contribution in [3.8, 4) is 0 Å². The molecule has 4 heteroatoms. The highest BCUT2D eigenvalue weighted by atomic mass is 16.2. The van der Waals surface area contributed by atoms with Crippen LogP contribution in [0.1, 0.15) is 25.0 Å². The van der Waals surface area contributed by atoms with E-state index in [9.17, 15) is 4.79 Å². The standard InChI is InChI=1S/C15H21N3O/c1-9(2)14-8-18(15(19)17-14)13-6-10-3-4-12(16)5-11(10)7-13/h3-5,9,13-14H,6-8,16H2,1-2H3,(H,17,19)/t13?,14-/m0/s1. The fraction of sp³-hybridized carbons (Fsp3) is 0.533. The number of hydrogen-bond donors (Lipinski definition) is 2. The van der Waals surface area contributed by atoms with Gasteiger partial charge in [0.2, 0.25) is 0 Å². The van der Waals surface area contributed by atoms with Crippen LogP contribution in [0.3, 0.4) is 0 Å². The van der Waals surface area contributed by atoms with E-state index in [-0.39, 0.29) is 12.1 Å². The summed E-state index contributed by atoms with van der Waals surface area (Å²) in [5.41, 5.74) is 9.27. The number of nitrogens with zero attached hydrogens (tertiary/aromatic N) is 1. The molecule has 1 fully saturated rings. The van der Waals surface area contributed by atoms with Crippen molar-refractivity contribution in [1.82, 2.24) is 10.2 Å². The van der Waals surface area contributed by atoms with E-state index in [1.54, 1.807) is 0 Å². The smallest absolute Gasteiger partial charge is 0.318 e. The van der Waals surface area contributed by atoms with E-state index in [0.29, 0.717) is 12.0 Å². The van der Waals surface area contributed by atoms with Crippen LogP contribution in [0.5, 0.6) is 0 Å². The van der Waals surface area contributed by atoms with Crippen molar-refractivity contribution < 1.29 is 4.79 Å². The Bertz CT molecular complexity index is 512. The second-order valence-electron chi connectivity index (χ2n) is 6.04. The molecular weight excluding hydrogens is 238 g/mol. The lowest BCUT2D eigenvalue weighted by molar-refractivity contribution is 0.199. The van der Waals surface area contributed by atoms with E-state index in [0.717, 1.165) is 25.1 Å². The maximum absolute atomic E-state index is 12.1. The molecule has 0 bridgehead atoms. The van der Waals surface area contributed by atoms with E-state index in [1.165, 1.54) is 11.1 Å². The van der Waals surface area contributed by atoms with Crippen LogP contribution in [0.25, 0.3) is 0 Å². The molecule has 3 N–H and O–H groups in total. The van der Waals surface area contributed by atoms with Crippen molar-refractivity contribution in [3.05, 3.63) is 29.3 Å². The molecule has 1 unspecified atom stereocenters. The first kappa shape index (κ1) is 12.3. The minimum atomic E-state index is 0.0875. The van der Waals surface area contributed by atoms with Crippen LogP contribution in [0.4, 0.5) is 10.5 Å². The maximum atomic E-state index is 12.1. The van der Waals surface area contributed by atoms with Crippen molar-refractivity contribution in [3.63, 3.8) is 0 Å². The lowest BCUT2D eigenvalue weighted by Crippen LogP contribution is -2.38. The van der Waals surface area contributed by atoms with Crippen LogP contribution >= 0.6 is 0 Å². The number of nitrogen functional groups attached to an aromatic ring is 1. The number of amides is 2. The normalized spacial score (nSPS) is 25.8. The number of nitrogens with two attached hydrogens (primary N) is 1. The molecule has 1 aromatic carbocycles. The van der Waals surface area contributed by atoms with Crippen LogP contribution in [0.2, 0.25) is 0 Å². The first-order valence-electron chi connectivity index (χ1n) is 6.99. The Morgan fingerprint density at radius 1 is 1.32 bits per heavy atom. The summed E-state index contributed by atoms with van der Waals surface area (Å²) in [6.07, 6.45) is 1.88. The highest BCUT2D eigenvalue weighted by molar-refractivity contribution is 5.77. The van der Waals surface area contributed by atoms with E-state index in [1.807, 2.05) is 17.0 Å². The molecule has 0 aromatic heterocycles. The molecule has 1 aliphatic heterocycles. The van der Waals surface area contributed by atoms with Crippen LogP contribution in [0, 0.1) is 5.92 Å². The summed E-state index contributed by atoms with van der Waals surface area (Å²) in [6.45, 7) is 5.13. The number of fused-ring (bicyclic) bond motifs is 1. The molecule has 0 saturated carbocycles. The summed E-state index contributed by atoms with van der Waals surface area (Å²) in [5, 5.41) is 3.08. The largest absolute Gasteiger partial charge is 0.399 e. The number of carbonyl (C=O) groups is 1. The van der Waals surface area contributed by atoms with Gasteiger partial charge in [0.15, 0.2) is 0 Å². The Labute approximate surface area is 114 Å². The third kappa shape index (κ3) is 2.15. The topological polar surface area (TPSA) is 58.4 Å². The number of hydrogen-bond acceptors (Lipinski definition) is 2. The van der Waals surface area contributed by atoms with Gasteiger partial charge in [0, 0.05) is 18.3 Å². The van der Waals surface area contributed by atoms with Gasteiger partial charge in [-0.15, -0.1) is 0 Å². The van der Waals surface area contributed by atoms with E-state index in [4.69, 9.17) is 5.73 Å². The minimum absolute atomic E-state index is 0.0875. The third-order valence-electron chi connectivity index (χ3n) is 4.35. The highest BCUT2D eigenvalue weighted by Gasteiger charge is 2.37. The van der Waals surface area contributed by atoms with Crippen LogP contribution in [-0.4, -0.2) is 29.6 Å². The molecule has 19 heavy (non-hydrogen) atoms. The molecule has 3 rings (SSSR count). The molecule has 2 amide bonds. The molecule has 0 spiro atoms. The summed E-state index contributed by atoms with van der Waals surface area (Å²) in [4.78, 5) is 14.1. The lowest BCUT2D eigenvalue weighted by atomic mass is 10.1. The molecule has 2 atom stereocenters. The van der Waals surface area contributed by atoms with E-state index >= 15 is 0 Å². The second kappa shape index (κ2) is 4.44. The summed E-state index contributed by atoms with van der Waals surface area (Å²) >= 11 is 0. The number of urea groups is 1. The van der Waals surface area contributed by atoms with Crippen LogP contribution in [0.15, 0.2) is 18.2 Å². The van der Waals surface area contributed by atoms with Gasteiger partial charge in [-0.1, -0.05) is 19.9 Å². The first-order chi connectivity index (χ1) is 9.04. The van der Waals surface area contributed by atoms with E-state index < -0.39 is 0 Å². The molecule has 1 heterocycles. The zero-order valence-electron chi connectivity index (χ0n) is 11.5. The maximum Gasteiger partial charge on any atom is 0.318 e. The van der Waals surface area contributed by atoms with Gasteiger partial charge < -0.3 is 16.0 Å². The van der Waals surface area contributed by atoms with Gasteiger partial charge in [0.25, 0.3) is 0 Å². The van der Waals surface area contributed by atoms with Crippen LogP contribution in [-0.2, 0) is 12.8 Å². The Balaban J connectivity index is 1.75. The fourth-order valence-electron chi connectivity index (χ4n) is 3.11. The molecule has 1 saturated heterocycles. The Morgan fingerprint density at radius 2 is 2.05 bits per heavy atom. The van der Waals surface area contributed by atoms with Crippen molar-refractivity contribution in [2.45, 2.75) is 38.8 Å². The second-order valence-corrected chi connectivity index (χ2v) is 6.04. The zero-order chi connectivity index (χ0) is 13.6. The monoisotopic (exact) mass is 259 g/mol. The zero-order valence-corrected chi connectivity index (χ0v) is 11.5. The Hall–Kier alpha value is -1.71. The van der Waals surface area contributed by atoms with Gasteiger partial charge in [0.1, 0.15) is 0 Å². The van der Waals surface area contributed by atoms with Gasteiger partial charge in [-0.25, -0.2) is 4.79 Å². The molecule has 0 radical (unpaired) electrons. The summed E-state index contributed by atoms with van der Waals surface area (Å²) < 4.78 is 0. The average molecular weight is 259 g/mol. The summed E-state index contributed by atoms with van der Waals surface area (Å²) in [5.74, 6) is 0.480. The predicted octanol–water partition coefficient (Wildman–Crippen LogP) is 1.79. The van der Waals surface area contributed by atoms with Crippen molar-refractivity contribution in [1.29, 1.82) is 0 Å². The summed E-state index contributed by atoms with van der Waals surface area (Å²) in [7, 11) is 0. The van der Waals surface area contributed by atoms with Gasteiger partial charge in [0.05, 0.1) is 6.04 Å². The Kier molecular flexibility index (Phi) is 2.88. The quantitative estimate of drug-likeness (QED) is 0.795. The van der Waals surface area contributed by atoms with Gasteiger partial charge in [-0.2, -0.15) is 0 Å². The predicted molar refractivity (Wildman–Crippen MR) is 75.9 cm³/mol. The molecule has 1 aliphatic carbocycles. The molecule has 1 aromatic rings. The minimum Gasteiger partial charge on any atom is -0.399 e. The van der Waals surface area contributed by atoms with Crippen molar-refractivity contribution in [2.75, 3.05) is 12.3 Å². The lowest BCUT2D eigenvalue weighted by Gasteiger charge is -2.23. The molecule has 4 nitrogen and oxygen atoms in total. The SMILES string of the molecule is CC(C)[C@@H]1CN(C2Cc3ccc(N)cc3C2)C(=O)N1. The number of anilines is 1. The van der Waals surface area contributed by atoms with Crippen molar-refractivity contribution >= 4 is 11.7 Å². The number of benzene rings is 1. The highest BCUT2D eigenvalue weighted by Crippen LogP contribution is 2.29. The first-order valence-corrected chi connectivity index (χ1v) is 6.99. The third-order valence-corrected chi connectivity index (χ3v) is 4.35. The number of nitrogens with one attached hydrogen (secondary N) is 1. The van der Waals surface area contributed by atoms with E-state index in [2.05, 4.69) is 25.2 Å². The van der Waals surface area contributed by atoms with Crippen molar-refractivity contribution in [2.24, 2.45) is 5.92 Å². The van der Waals surface area contributed by atoms with Gasteiger partial charge >= 0.3 is 6.03 Å². The van der Waals surface area contributed by atoms with Gasteiger partial charge in [-0.3, -0.25) is 0 Å². The molecular formula is C15H21N3O. The Morgan fingerprint density at radius 3 is 2.74 bits per heavy atom. The average Bonchev–Trinajstić information content (AvgIpc) is 2.91. The van der Waals surface area contributed by atoms with Gasteiger partial charge in [-0.05, 0) is 42.0 Å². The number of carbonyl (C=O) groups excluding carboxylic acids is 1. The summed E-state index contributed by atoms with van der Waals surface area (Å²) in [6, 6.07) is 6.75. The van der Waals surface area contributed by atoms with Crippen LogP contribution < -0.4 is 11.1 Å².